The number of nitriles is 1. The van der Waals surface area contributed by atoms with Gasteiger partial charge in [0.1, 0.15) is 17.9 Å². The van der Waals surface area contributed by atoms with E-state index in [0.29, 0.717) is 16.4 Å². The molecular weight excluding hydrogens is 252 g/mol. The van der Waals surface area contributed by atoms with Crippen molar-refractivity contribution in [3.63, 3.8) is 0 Å². The number of anilines is 1. The Morgan fingerprint density at radius 2 is 2.39 bits per heavy atom. The van der Waals surface area contributed by atoms with E-state index in [1.54, 1.807) is 0 Å². The molecule has 18 heavy (non-hydrogen) atoms. The normalized spacial score (nSPS) is 13.4. The van der Waals surface area contributed by atoms with Crippen LogP contribution in [-0.4, -0.2) is 16.9 Å². The van der Waals surface area contributed by atoms with Gasteiger partial charge in [0, 0.05) is 6.20 Å². The Bertz CT molecular complexity index is 483. The fourth-order valence-electron chi connectivity index (χ4n) is 1.48. The maximum absolute atomic E-state index is 11.4. The Kier molecular flexibility index (Phi) is 4.93. The minimum absolute atomic E-state index is 0.0658. The molecule has 0 fully saturated rings. The van der Waals surface area contributed by atoms with Gasteiger partial charge in [0.25, 0.3) is 0 Å². The lowest BCUT2D eigenvalue weighted by Gasteiger charge is -2.22. The number of hydrogen-bond acceptors (Lipinski definition) is 4. The van der Waals surface area contributed by atoms with Gasteiger partial charge in [-0.05, 0) is 12.0 Å². The number of pyridine rings is 1. The first-order chi connectivity index (χ1) is 8.49. The molecule has 0 saturated heterocycles. The van der Waals surface area contributed by atoms with Gasteiger partial charge >= 0.3 is 0 Å². The van der Waals surface area contributed by atoms with Crippen LogP contribution in [0, 0.1) is 17.2 Å². The molecule has 1 amide bonds. The lowest BCUT2D eigenvalue weighted by Crippen LogP contribution is -2.40. The van der Waals surface area contributed by atoms with Crippen LogP contribution >= 0.6 is 11.6 Å². The minimum Gasteiger partial charge on any atom is -0.368 e. The van der Waals surface area contributed by atoms with Crippen molar-refractivity contribution in [2.75, 3.05) is 5.32 Å². The Morgan fingerprint density at radius 3 is 2.83 bits per heavy atom. The van der Waals surface area contributed by atoms with E-state index in [1.807, 2.05) is 19.9 Å². The molecule has 1 rings (SSSR count). The van der Waals surface area contributed by atoms with Crippen LogP contribution in [-0.2, 0) is 4.79 Å². The first kappa shape index (κ1) is 14.3. The third-order valence-corrected chi connectivity index (χ3v) is 3.07. The SMILES string of the molecule is CC[C@H](C)[C@@H](Nc1ncc(C#N)cc1Cl)C(N)=O. The smallest absolute Gasteiger partial charge is 0.240 e. The highest BCUT2D eigenvalue weighted by atomic mass is 35.5. The van der Waals surface area contributed by atoms with Gasteiger partial charge in [-0.3, -0.25) is 4.79 Å². The summed E-state index contributed by atoms with van der Waals surface area (Å²) in [4.78, 5) is 15.4. The average Bonchev–Trinajstić information content (AvgIpc) is 2.35. The van der Waals surface area contributed by atoms with Crippen LogP contribution in [0.25, 0.3) is 0 Å². The standard InChI is InChI=1S/C12H15ClN4O/c1-3-7(2)10(11(15)18)17-12-9(13)4-8(5-14)6-16-12/h4,6-7,10H,3H2,1-2H3,(H2,15,18)(H,16,17)/t7-,10+/m0/s1. The van der Waals surface area contributed by atoms with E-state index >= 15 is 0 Å². The second-order valence-corrected chi connectivity index (χ2v) is 4.48. The fraction of sp³-hybridized carbons (Fsp3) is 0.417. The topological polar surface area (TPSA) is 91.8 Å². The maximum atomic E-state index is 11.4. The average molecular weight is 267 g/mol. The molecule has 6 heteroatoms. The molecule has 0 aliphatic carbocycles. The number of primary amides is 1. The van der Waals surface area contributed by atoms with E-state index < -0.39 is 11.9 Å². The van der Waals surface area contributed by atoms with Crippen LogP contribution in [0.15, 0.2) is 12.3 Å². The largest absolute Gasteiger partial charge is 0.368 e. The van der Waals surface area contributed by atoms with Crippen LogP contribution in [0.5, 0.6) is 0 Å². The number of hydrogen-bond donors (Lipinski definition) is 2. The van der Waals surface area contributed by atoms with Crippen LogP contribution in [0.2, 0.25) is 5.02 Å². The van der Waals surface area contributed by atoms with Crippen LogP contribution in [0.4, 0.5) is 5.82 Å². The Labute approximate surface area is 111 Å². The molecule has 0 saturated carbocycles. The zero-order valence-electron chi connectivity index (χ0n) is 10.3. The van der Waals surface area contributed by atoms with Crippen LogP contribution in [0.1, 0.15) is 25.8 Å². The molecule has 0 aliphatic rings. The number of nitrogens with two attached hydrogens (primary N) is 1. The predicted octanol–water partition coefficient (Wildman–Crippen LogP) is 1.92. The summed E-state index contributed by atoms with van der Waals surface area (Å²) < 4.78 is 0. The lowest BCUT2D eigenvalue weighted by atomic mass is 9.98. The van der Waals surface area contributed by atoms with Crippen molar-refractivity contribution in [3.8, 4) is 6.07 Å². The molecule has 1 aromatic heterocycles. The van der Waals surface area contributed by atoms with Gasteiger partial charge in [0.05, 0.1) is 10.6 Å². The van der Waals surface area contributed by atoms with Gasteiger partial charge in [-0.25, -0.2) is 4.98 Å². The molecule has 1 aromatic rings. The zero-order chi connectivity index (χ0) is 13.7. The zero-order valence-corrected chi connectivity index (χ0v) is 11.0. The maximum Gasteiger partial charge on any atom is 0.240 e. The van der Waals surface area contributed by atoms with E-state index in [2.05, 4.69) is 10.3 Å². The van der Waals surface area contributed by atoms with E-state index in [0.717, 1.165) is 6.42 Å². The van der Waals surface area contributed by atoms with E-state index in [4.69, 9.17) is 22.6 Å². The van der Waals surface area contributed by atoms with Crippen LogP contribution in [0.3, 0.4) is 0 Å². The van der Waals surface area contributed by atoms with E-state index in [-0.39, 0.29) is 5.92 Å². The molecule has 1 heterocycles. The number of rotatable bonds is 5. The van der Waals surface area contributed by atoms with Gasteiger partial charge in [-0.2, -0.15) is 5.26 Å². The molecule has 3 N–H and O–H groups in total. The third-order valence-electron chi connectivity index (χ3n) is 2.78. The number of nitrogens with one attached hydrogen (secondary N) is 1. The highest BCUT2D eigenvalue weighted by molar-refractivity contribution is 6.33. The number of halogens is 1. The number of carbonyl (C=O) groups is 1. The van der Waals surface area contributed by atoms with Crippen molar-refractivity contribution in [1.82, 2.24) is 4.98 Å². The molecule has 5 nitrogen and oxygen atoms in total. The summed E-state index contributed by atoms with van der Waals surface area (Å²) in [6, 6.07) is 2.90. The van der Waals surface area contributed by atoms with Gasteiger partial charge in [-0.15, -0.1) is 0 Å². The Morgan fingerprint density at radius 1 is 1.72 bits per heavy atom. The fourth-order valence-corrected chi connectivity index (χ4v) is 1.70. The molecule has 2 atom stereocenters. The predicted molar refractivity (Wildman–Crippen MR) is 70.0 cm³/mol. The number of aromatic nitrogens is 1. The quantitative estimate of drug-likeness (QED) is 0.852. The summed E-state index contributed by atoms with van der Waals surface area (Å²) in [7, 11) is 0. The third kappa shape index (κ3) is 3.34. The molecule has 0 bridgehead atoms. The Balaban J connectivity index is 2.95. The lowest BCUT2D eigenvalue weighted by molar-refractivity contribution is -0.119. The molecule has 0 aromatic carbocycles. The van der Waals surface area contributed by atoms with E-state index in [1.165, 1.54) is 12.3 Å². The monoisotopic (exact) mass is 266 g/mol. The summed E-state index contributed by atoms with van der Waals surface area (Å²) in [5, 5.41) is 11.9. The van der Waals surface area contributed by atoms with Gasteiger partial charge < -0.3 is 11.1 Å². The molecule has 96 valence electrons. The van der Waals surface area contributed by atoms with Crippen molar-refractivity contribution >= 4 is 23.3 Å². The summed E-state index contributed by atoms with van der Waals surface area (Å²) in [5.74, 6) is -0.0256. The first-order valence-electron chi connectivity index (χ1n) is 5.61. The molecule has 0 spiro atoms. The molecule has 0 unspecified atom stereocenters. The van der Waals surface area contributed by atoms with E-state index in [9.17, 15) is 4.79 Å². The van der Waals surface area contributed by atoms with Gasteiger partial charge in [-0.1, -0.05) is 31.9 Å². The van der Waals surface area contributed by atoms with Crippen molar-refractivity contribution in [1.29, 1.82) is 5.26 Å². The van der Waals surface area contributed by atoms with Crippen LogP contribution < -0.4 is 11.1 Å². The van der Waals surface area contributed by atoms with Crippen molar-refractivity contribution < 1.29 is 4.79 Å². The molecule has 0 radical (unpaired) electrons. The van der Waals surface area contributed by atoms with Gasteiger partial charge in [0.2, 0.25) is 5.91 Å². The highest BCUT2D eigenvalue weighted by Gasteiger charge is 2.22. The number of carbonyl (C=O) groups excluding carboxylic acids is 1. The summed E-state index contributed by atoms with van der Waals surface area (Å²) in [6.45, 7) is 3.89. The molecule has 0 aliphatic heterocycles. The van der Waals surface area contributed by atoms with Gasteiger partial charge in [0.15, 0.2) is 0 Å². The second-order valence-electron chi connectivity index (χ2n) is 4.08. The summed E-state index contributed by atoms with van der Waals surface area (Å²) in [5.41, 5.74) is 5.71. The molecular formula is C12H15ClN4O. The Hall–Kier alpha value is -1.80. The summed E-state index contributed by atoms with van der Waals surface area (Å²) >= 11 is 5.98. The van der Waals surface area contributed by atoms with Crippen molar-refractivity contribution in [2.24, 2.45) is 11.7 Å². The highest BCUT2D eigenvalue weighted by Crippen LogP contribution is 2.22. The summed E-state index contributed by atoms with van der Waals surface area (Å²) in [6.07, 6.45) is 2.19. The number of nitrogens with zero attached hydrogens (tertiary/aromatic N) is 2. The first-order valence-corrected chi connectivity index (χ1v) is 5.98. The number of amides is 1. The van der Waals surface area contributed by atoms with Crippen molar-refractivity contribution in [3.05, 3.63) is 22.8 Å². The minimum atomic E-state index is -0.534. The second kappa shape index (κ2) is 6.22. The van der Waals surface area contributed by atoms with Crippen molar-refractivity contribution in [2.45, 2.75) is 26.3 Å².